The third-order valence-corrected chi connectivity index (χ3v) is 3.81. The lowest BCUT2D eigenvalue weighted by Gasteiger charge is -2.22. The minimum absolute atomic E-state index is 0.0586. The second kappa shape index (κ2) is 5.05. The van der Waals surface area contributed by atoms with Crippen LogP contribution in [-0.4, -0.2) is 11.6 Å². The van der Waals surface area contributed by atoms with E-state index in [1.807, 2.05) is 19.1 Å². The molecular weight excluding hydrogens is 264 g/mol. The predicted molar refractivity (Wildman–Crippen MR) is 80.5 cm³/mol. The van der Waals surface area contributed by atoms with Gasteiger partial charge in [-0.15, -0.1) is 0 Å². The van der Waals surface area contributed by atoms with Crippen LogP contribution in [0.2, 0.25) is 0 Å². The summed E-state index contributed by atoms with van der Waals surface area (Å²) in [4.78, 5) is 25.0. The van der Waals surface area contributed by atoms with Crippen LogP contribution in [0.25, 0.3) is 0 Å². The van der Waals surface area contributed by atoms with Gasteiger partial charge < -0.3 is 10.9 Å². The van der Waals surface area contributed by atoms with Crippen molar-refractivity contribution >= 4 is 11.6 Å². The van der Waals surface area contributed by atoms with E-state index in [1.54, 1.807) is 31.2 Å². The Morgan fingerprint density at radius 1 is 0.905 bits per heavy atom. The summed E-state index contributed by atoms with van der Waals surface area (Å²) in [6.45, 7) is 3.67. The Labute approximate surface area is 123 Å². The first-order valence-electron chi connectivity index (χ1n) is 6.85. The van der Waals surface area contributed by atoms with Gasteiger partial charge in [-0.05, 0) is 26.0 Å². The highest BCUT2D eigenvalue weighted by Gasteiger charge is 2.29. The fraction of sp³-hybridized carbons (Fsp3) is 0.176. The number of carbonyl (C=O) groups excluding carboxylic acids is 2. The first kappa shape index (κ1) is 13.4. The number of ketones is 2. The average Bonchev–Trinajstić information content (AvgIpc) is 2.51. The summed E-state index contributed by atoms with van der Waals surface area (Å²) in [5, 5.41) is 0. The summed E-state index contributed by atoms with van der Waals surface area (Å²) >= 11 is 0. The zero-order valence-electron chi connectivity index (χ0n) is 12.0. The van der Waals surface area contributed by atoms with Gasteiger partial charge in [-0.1, -0.05) is 24.3 Å². The van der Waals surface area contributed by atoms with E-state index in [0.29, 0.717) is 28.7 Å². The van der Waals surface area contributed by atoms with E-state index in [0.717, 1.165) is 11.4 Å². The maximum absolute atomic E-state index is 12.6. The number of hydrogen-bond acceptors (Lipinski definition) is 4. The largest absolute Gasteiger partial charge is 0.306 e. The minimum Gasteiger partial charge on any atom is -0.306 e. The molecule has 0 amide bonds. The Hall–Kier alpha value is -2.62. The Balaban J connectivity index is 1.98. The molecule has 0 spiro atoms. The summed E-state index contributed by atoms with van der Waals surface area (Å²) in [6.07, 6.45) is 4.27. The molecule has 3 rings (SSSR count). The molecule has 1 heterocycles. The van der Waals surface area contributed by atoms with Crippen LogP contribution in [0.15, 0.2) is 59.0 Å². The number of fused-ring (bicyclic) bond motifs is 1. The minimum atomic E-state index is -0.0590. The third kappa shape index (κ3) is 2.29. The first-order valence-corrected chi connectivity index (χ1v) is 6.85. The first-order chi connectivity index (χ1) is 10.1. The smallest absolute Gasteiger partial charge is 0.190 e. The number of carbonyl (C=O) groups is 2. The van der Waals surface area contributed by atoms with Gasteiger partial charge in [0.15, 0.2) is 11.6 Å². The molecule has 0 fully saturated rings. The molecule has 106 valence electrons. The van der Waals surface area contributed by atoms with E-state index in [4.69, 9.17) is 0 Å². The van der Waals surface area contributed by atoms with Gasteiger partial charge in [0.05, 0.1) is 0 Å². The van der Waals surface area contributed by atoms with Crippen LogP contribution in [0.5, 0.6) is 0 Å². The van der Waals surface area contributed by atoms with Crippen molar-refractivity contribution in [1.29, 1.82) is 0 Å². The molecule has 0 bridgehead atoms. The van der Waals surface area contributed by atoms with Gasteiger partial charge in [-0.2, -0.15) is 0 Å². The zero-order valence-corrected chi connectivity index (χ0v) is 12.0. The Bertz CT molecular complexity index is 739. The van der Waals surface area contributed by atoms with Crippen molar-refractivity contribution in [3.8, 4) is 0 Å². The summed E-state index contributed by atoms with van der Waals surface area (Å²) in [5.41, 5.74) is 10.0. The van der Waals surface area contributed by atoms with E-state index >= 15 is 0 Å². The average molecular weight is 280 g/mol. The quantitative estimate of drug-likeness (QED) is 0.874. The Kier molecular flexibility index (Phi) is 3.22. The molecule has 0 aromatic heterocycles. The second-order valence-electron chi connectivity index (χ2n) is 5.28. The lowest BCUT2D eigenvalue weighted by Crippen LogP contribution is -2.33. The molecule has 2 aliphatic rings. The van der Waals surface area contributed by atoms with Crippen LogP contribution in [0.4, 0.5) is 0 Å². The molecule has 0 radical (unpaired) electrons. The van der Waals surface area contributed by atoms with Gasteiger partial charge in [0.1, 0.15) is 0 Å². The summed E-state index contributed by atoms with van der Waals surface area (Å²) in [7, 11) is 0. The molecule has 4 heteroatoms. The van der Waals surface area contributed by atoms with E-state index < -0.39 is 0 Å². The highest BCUT2D eigenvalue weighted by molar-refractivity contribution is 6.26. The molecular formula is C17H16N2O2. The molecule has 0 saturated carbocycles. The summed E-state index contributed by atoms with van der Waals surface area (Å²) < 4.78 is 0. The molecule has 2 N–H and O–H groups in total. The fourth-order valence-electron chi connectivity index (χ4n) is 2.55. The van der Waals surface area contributed by atoms with Crippen LogP contribution in [0, 0.1) is 0 Å². The van der Waals surface area contributed by atoms with Gasteiger partial charge in [-0.25, -0.2) is 0 Å². The molecule has 0 atom stereocenters. The molecule has 1 aliphatic heterocycles. The lowest BCUT2D eigenvalue weighted by molar-refractivity contribution is 0.0972. The molecule has 1 aliphatic carbocycles. The SMILES string of the molecule is CC1=CC=C(CC2=C(C)C(=O)c3ccccc3C2=O)NN1. The van der Waals surface area contributed by atoms with Gasteiger partial charge >= 0.3 is 0 Å². The van der Waals surface area contributed by atoms with Crippen LogP contribution in [0.3, 0.4) is 0 Å². The zero-order chi connectivity index (χ0) is 15.0. The molecule has 1 aromatic rings. The number of Topliss-reactive ketones (excluding diaryl/α,β-unsaturated/α-hetero) is 2. The number of nitrogens with one attached hydrogen (secondary N) is 2. The Morgan fingerprint density at radius 3 is 2.19 bits per heavy atom. The fourth-order valence-corrected chi connectivity index (χ4v) is 2.55. The normalized spacial score (nSPS) is 17.6. The third-order valence-electron chi connectivity index (χ3n) is 3.81. The maximum Gasteiger partial charge on any atom is 0.190 e. The summed E-state index contributed by atoms with van der Waals surface area (Å²) in [6, 6.07) is 6.99. The van der Waals surface area contributed by atoms with Crippen molar-refractivity contribution in [2.24, 2.45) is 0 Å². The number of rotatable bonds is 2. The summed E-state index contributed by atoms with van der Waals surface area (Å²) in [5.74, 6) is -0.118. The maximum atomic E-state index is 12.6. The van der Waals surface area contributed by atoms with E-state index in [2.05, 4.69) is 10.9 Å². The molecule has 0 unspecified atom stereocenters. The molecule has 0 saturated heterocycles. The second-order valence-corrected chi connectivity index (χ2v) is 5.28. The van der Waals surface area contributed by atoms with Gasteiger partial charge in [0.2, 0.25) is 0 Å². The number of allylic oxidation sites excluding steroid dienone is 5. The van der Waals surface area contributed by atoms with Gasteiger partial charge in [0.25, 0.3) is 0 Å². The van der Waals surface area contributed by atoms with Crippen LogP contribution >= 0.6 is 0 Å². The Morgan fingerprint density at radius 2 is 1.57 bits per heavy atom. The topological polar surface area (TPSA) is 58.2 Å². The van der Waals surface area contributed by atoms with E-state index in [-0.39, 0.29) is 11.6 Å². The number of hydrazine groups is 1. The van der Waals surface area contributed by atoms with Crippen LogP contribution in [0.1, 0.15) is 41.0 Å². The lowest BCUT2D eigenvalue weighted by atomic mass is 9.83. The van der Waals surface area contributed by atoms with Crippen LogP contribution < -0.4 is 10.9 Å². The predicted octanol–water partition coefficient (Wildman–Crippen LogP) is 2.67. The monoisotopic (exact) mass is 280 g/mol. The van der Waals surface area contributed by atoms with Crippen molar-refractivity contribution < 1.29 is 9.59 Å². The molecule has 4 nitrogen and oxygen atoms in total. The van der Waals surface area contributed by atoms with Crippen molar-refractivity contribution in [3.63, 3.8) is 0 Å². The van der Waals surface area contributed by atoms with Crippen molar-refractivity contribution in [3.05, 3.63) is 70.1 Å². The standard InChI is InChI=1S/C17H16N2O2/c1-10-7-8-12(19-18-10)9-15-11(2)16(20)13-5-3-4-6-14(13)17(15)21/h3-8,18-19H,9H2,1-2H3. The molecule has 1 aromatic carbocycles. The van der Waals surface area contributed by atoms with Crippen molar-refractivity contribution in [1.82, 2.24) is 10.9 Å². The van der Waals surface area contributed by atoms with E-state index in [1.165, 1.54) is 0 Å². The van der Waals surface area contributed by atoms with E-state index in [9.17, 15) is 9.59 Å². The van der Waals surface area contributed by atoms with Crippen molar-refractivity contribution in [2.45, 2.75) is 20.3 Å². The highest BCUT2D eigenvalue weighted by atomic mass is 16.1. The molecule has 21 heavy (non-hydrogen) atoms. The van der Waals surface area contributed by atoms with Crippen LogP contribution in [-0.2, 0) is 0 Å². The van der Waals surface area contributed by atoms with Crippen molar-refractivity contribution in [2.75, 3.05) is 0 Å². The van der Waals surface area contributed by atoms with Gasteiger partial charge in [0, 0.05) is 40.1 Å². The number of hydrogen-bond donors (Lipinski definition) is 2. The van der Waals surface area contributed by atoms with Gasteiger partial charge in [-0.3, -0.25) is 9.59 Å². The highest BCUT2D eigenvalue weighted by Crippen LogP contribution is 2.29. The number of benzene rings is 1.